The van der Waals surface area contributed by atoms with Crippen LogP contribution in [0, 0.1) is 0 Å². The molecule has 1 aromatic heterocycles. The standard InChI is InChI=1S/C14H23N5O/c1-20-10-9-17-11-13(12-17)18-5-7-19(8-6-18)14-15-3-2-4-16-14/h2-4,13H,5-12H2,1H3. The first-order valence-electron chi connectivity index (χ1n) is 7.34. The molecule has 0 saturated carbocycles. The monoisotopic (exact) mass is 277 g/mol. The second-order valence-corrected chi connectivity index (χ2v) is 5.48. The zero-order valence-corrected chi connectivity index (χ0v) is 12.1. The van der Waals surface area contributed by atoms with Gasteiger partial charge in [-0.3, -0.25) is 9.80 Å². The molecule has 2 aliphatic heterocycles. The molecule has 0 radical (unpaired) electrons. The number of piperazine rings is 1. The molecule has 2 saturated heterocycles. The number of ether oxygens (including phenoxy) is 1. The second-order valence-electron chi connectivity index (χ2n) is 5.48. The Morgan fingerprint density at radius 3 is 2.50 bits per heavy atom. The molecule has 0 aromatic carbocycles. The summed E-state index contributed by atoms with van der Waals surface area (Å²) >= 11 is 0. The predicted octanol–water partition coefficient (Wildman–Crippen LogP) is -0.0708. The van der Waals surface area contributed by atoms with Crippen LogP contribution in [-0.4, -0.2) is 85.3 Å². The Kier molecular flexibility index (Phi) is 4.44. The van der Waals surface area contributed by atoms with Gasteiger partial charge in [0.1, 0.15) is 0 Å². The van der Waals surface area contributed by atoms with Crippen LogP contribution in [-0.2, 0) is 4.74 Å². The average Bonchev–Trinajstić information content (AvgIpc) is 2.47. The van der Waals surface area contributed by atoms with Gasteiger partial charge >= 0.3 is 0 Å². The first-order chi connectivity index (χ1) is 9.86. The summed E-state index contributed by atoms with van der Waals surface area (Å²) in [6.45, 7) is 8.55. The Morgan fingerprint density at radius 2 is 1.85 bits per heavy atom. The smallest absolute Gasteiger partial charge is 0.225 e. The van der Waals surface area contributed by atoms with Crippen molar-refractivity contribution in [3.63, 3.8) is 0 Å². The summed E-state index contributed by atoms with van der Waals surface area (Å²) in [4.78, 5) is 16.0. The van der Waals surface area contributed by atoms with Crippen molar-refractivity contribution in [3.8, 4) is 0 Å². The fourth-order valence-electron chi connectivity index (χ4n) is 2.92. The number of rotatable bonds is 5. The van der Waals surface area contributed by atoms with E-state index >= 15 is 0 Å². The zero-order valence-electron chi connectivity index (χ0n) is 12.1. The Morgan fingerprint density at radius 1 is 1.15 bits per heavy atom. The van der Waals surface area contributed by atoms with Crippen LogP contribution in [0.5, 0.6) is 0 Å². The van der Waals surface area contributed by atoms with Crippen molar-refractivity contribution >= 4 is 5.95 Å². The second kappa shape index (κ2) is 6.47. The molecule has 6 heteroatoms. The highest BCUT2D eigenvalue weighted by Crippen LogP contribution is 2.18. The first kappa shape index (κ1) is 13.7. The summed E-state index contributed by atoms with van der Waals surface area (Å²) in [7, 11) is 1.77. The highest BCUT2D eigenvalue weighted by atomic mass is 16.5. The van der Waals surface area contributed by atoms with Crippen LogP contribution in [0.3, 0.4) is 0 Å². The van der Waals surface area contributed by atoms with Crippen LogP contribution in [0.25, 0.3) is 0 Å². The maximum atomic E-state index is 5.12. The summed E-state index contributed by atoms with van der Waals surface area (Å²) in [5.74, 6) is 0.863. The van der Waals surface area contributed by atoms with Gasteiger partial charge in [0.15, 0.2) is 0 Å². The molecule has 0 aliphatic carbocycles. The minimum atomic E-state index is 0.727. The molecule has 20 heavy (non-hydrogen) atoms. The van der Waals surface area contributed by atoms with Gasteiger partial charge in [0.05, 0.1) is 6.61 Å². The van der Waals surface area contributed by atoms with Gasteiger partial charge in [0, 0.05) is 71.4 Å². The molecule has 3 heterocycles. The van der Waals surface area contributed by atoms with Crippen molar-refractivity contribution in [2.24, 2.45) is 0 Å². The lowest BCUT2D eigenvalue weighted by molar-refractivity contribution is 0.0158. The van der Waals surface area contributed by atoms with E-state index in [1.165, 1.54) is 13.1 Å². The van der Waals surface area contributed by atoms with Crippen LogP contribution >= 0.6 is 0 Å². The van der Waals surface area contributed by atoms with Crippen molar-refractivity contribution in [2.75, 3.05) is 64.4 Å². The molecule has 0 amide bonds. The molecule has 110 valence electrons. The lowest BCUT2D eigenvalue weighted by Gasteiger charge is -2.48. The summed E-state index contributed by atoms with van der Waals surface area (Å²) < 4.78 is 5.12. The third kappa shape index (κ3) is 3.08. The third-order valence-corrected chi connectivity index (χ3v) is 4.22. The normalized spacial score (nSPS) is 21.9. The lowest BCUT2D eigenvalue weighted by Crippen LogP contribution is -2.63. The Bertz CT molecular complexity index is 401. The van der Waals surface area contributed by atoms with E-state index in [0.29, 0.717) is 0 Å². The highest BCUT2D eigenvalue weighted by molar-refractivity contribution is 5.29. The van der Waals surface area contributed by atoms with Gasteiger partial charge < -0.3 is 9.64 Å². The first-order valence-corrected chi connectivity index (χ1v) is 7.34. The molecular formula is C14H23N5O. The maximum Gasteiger partial charge on any atom is 0.225 e. The highest BCUT2D eigenvalue weighted by Gasteiger charge is 2.33. The molecule has 0 spiro atoms. The molecule has 2 fully saturated rings. The number of aromatic nitrogens is 2. The van der Waals surface area contributed by atoms with Crippen molar-refractivity contribution in [1.82, 2.24) is 19.8 Å². The molecule has 0 atom stereocenters. The third-order valence-electron chi connectivity index (χ3n) is 4.22. The molecule has 0 N–H and O–H groups in total. The molecule has 0 unspecified atom stereocenters. The summed E-state index contributed by atoms with van der Waals surface area (Å²) in [6.07, 6.45) is 3.63. The van der Waals surface area contributed by atoms with Gasteiger partial charge in [-0.1, -0.05) is 0 Å². The predicted molar refractivity (Wildman–Crippen MR) is 77.9 cm³/mol. The lowest BCUT2D eigenvalue weighted by atomic mass is 10.1. The van der Waals surface area contributed by atoms with Crippen LogP contribution in [0.15, 0.2) is 18.5 Å². The summed E-state index contributed by atoms with van der Waals surface area (Å²) in [5, 5.41) is 0. The fraction of sp³-hybridized carbons (Fsp3) is 0.714. The van der Waals surface area contributed by atoms with Crippen LogP contribution < -0.4 is 4.90 Å². The van der Waals surface area contributed by atoms with Gasteiger partial charge in [-0.05, 0) is 6.07 Å². The maximum absolute atomic E-state index is 5.12. The summed E-state index contributed by atoms with van der Waals surface area (Å²) in [5.41, 5.74) is 0. The van der Waals surface area contributed by atoms with Crippen molar-refractivity contribution < 1.29 is 4.74 Å². The van der Waals surface area contributed by atoms with Crippen molar-refractivity contribution in [3.05, 3.63) is 18.5 Å². The molecule has 2 aliphatic rings. The zero-order chi connectivity index (χ0) is 13.8. The van der Waals surface area contributed by atoms with E-state index in [1.54, 1.807) is 7.11 Å². The minimum Gasteiger partial charge on any atom is -0.383 e. The molecule has 3 rings (SSSR count). The number of hydrogen-bond donors (Lipinski definition) is 0. The van der Waals surface area contributed by atoms with E-state index in [-0.39, 0.29) is 0 Å². The van der Waals surface area contributed by atoms with Gasteiger partial charge in [0.25, 0.3) is 0 Å². The van der Waals surface area contributed by atoms with E-state index < -0.39 is 0 Å². The Labute approximate surface area is 120 Å². The molecule has 6 nitrogen and oxygen atoms in total. The Hall–Kier alpha value is -1.24. The van der Waals surface area contributed by atoms with E-state index in [0.717, 1.165) is 51.3 Å². The minimum absolute atomic E-state index is 0.727. The van der Waals surface area contributed by atoms with E-state index in [2.05, 4.69) is 24.7 Å². The SMILES string of the molecule is COCCN1CC(N2CCN(c3ncccn3)CC2)C1. The van der Waals surface area contributed by atoms with E-state index in [9.17, 15) is 0 Å². The van der Waals surface area contributed by atoms with Crippen LogP contribution in [0.1, 0.15) is 0 Å². The van der Waals surface area contributed by atoms with E-state index in [4.69, 9.17) is 4.74 Å². The largest absolute Gasteiger partial charge is 0.383 e. The van der Waals surface area contributed by atoms with Gasteiger partial charge in [0.2, 0.25) is 5.95 Å². The number of hydrogen-bond acceptors (Lipinski definition) is 6. The molecular weight excluding hydrogens is 254 g/mol. The van der Waals surface area contributed by atoms with Crippen LogP contribution in [0.4, 0.5) is 5.95 Å². The number of nitrogens with zero attached hydrogens (tertiary/aromatic N) is 5. The van der Waals surface area contributed by atoms with Gasteiger partial charge in [-0.15, -0.1) is 0 Å². The number of likely N-dealkylation sites (tertiary alicyclic amines) is 1. The molecule has 0 bridgehead atoms. The number of methoxy groups -OCH3 is 1. The topological polar surface area (TPSA) is 44.7 Å². The Balaban J connectivity index is 1.41. The average molecular weight is 277 g/mol. The van der Waals surface area contributed by atoms with Gasteiger partial charge in [-0.25, -0.2) is 9.97 Å². The van der Waals surface area contributed by atoms with Crippen LogP contribution in [0.2, 0.25) is 0 Å². The molecule has 1 aromatic rings. The quantitative estimate of drug-likeness (QED) is 0.751. The van der Waals surface area contributed by atoms with E-state index in [1.807, 2.05) is 18.5 Å². The number of anilines is 1. The fourth-order valence-corrected chi connectivity index (χ4v) is 2.92. The summed E-state index contributed by atoms with van der Waals surface area (Å²) in [6, 6.07) is 2.59. The van der Waals surface area contributed by atoms with Crippen molar-refractivity contribution in [2.45, 2.75) is 6.04 Å². The van der Waals surface area contributed by atoms with Gasteiger partial charge in [-0.2, -0.15) is 0 Å². The van der Waals surface area contributed by atoms with Crippen molar-refractivity contribution in [1.29, 1.82) is 0 Å².